The summed E-state index contributed by atoms with van der Waals surface area (Å²) < 4.78 is 8.11. The molecule has 1 aliphatic carbocycles. The Bertz CT molecular complexity index is 1630. The number of unbranched alkanes of at least 4 members (excludes halogenated alkanes) is 1. The zero-order chi connectivity index (χ0) is 32.6. The van der Waals surface area contributed by atoms with Crippen molar-refractivity contribution in [2.45, 2.75) is 77.8 Å². The van der Waals surface area contributed by atoms with E-state index < -0.39 is 5.97 Å². The van der Waals surface area contributed by atoms with Crippen LogP contribution in [0.2, 0.25) is 10.0 Å². The highest BCUT2D eigenvalue weighted by molar-refractivity contribution is 6.36. The molecule has 46 heavy (non-hydrogen) atoms. The minimum Gasteiger partial charge on any atom is -0.478 e. The van der Waals surface area contributed by atoms with Crippen LogP contribution in [0.4, 0.5) is 0 Å². The van der Waals surface area contributed by atoms with E-state index in [1.165, 1.54) is 12.1 Å². The summed E-state index contributed by atoms with van der Waals surface area (Å²) in [6.07, 6.45) is 9.71. The van der Waals surface area contributed by atoms with E-state index in [9.17, 15) is 9.59 Å². The molecular weight excluding hydrogens is 621 g/mol. The minimum absolute atomic E-state index is 0.00201. The van der Waals surface area contributed by atoms with Gasteiger partial charge in [-0.05, 0) is 105 Å². The van der Waals surface area contributed by atoms with Crippen LogP contribution in [0.15, 0.2) is 72.9 Å². The number of hydrogen-bond donors (Lipinski definition) is 2. The van der Waals surface area contributed by atoms with Gasteiger partial charge in [0.2, 0.25) is 5.91 Å². The summed E-state index contributed by atoms with van der Waals surface area (Å²) in [5.74, 6) is 1.78. The number of halogens is 2. The Labute approximate surface area is 280 Å². The number of carbonyl (C=O) groups excluding carboxylic acids is 1. The van der Waals surface area contributed by atoms with Crippen molar-refractivity contribution in [1.82, 2.24) is 14.9 Å². The number of rotatable bonds is 13. The molecule has 0 bridgehead atoms. The van der Waals surface area contributed by atoms with E-state index >= 15 is 0 Å². The average Bonchev–Trinajstić information content (AvgIpc) is 3.48. The number of aromatic nitrogens is 2. The molecule has 9 heteroatoms. The molecule has 7 nitrogen and oxygen atoms in total. The van der Waals surface area contributed by atoms with Crippen LogP contribution in [0.3, 0.4) is 0 Å². The second kappa shape index (κ2) is 15.7. The molecule has 1 aromatic heterocycles. The lowest BCUT2D eigenvalue weighted by atomic mass is 9.80. The van der Waals surface area contributed by atoms with Gasteiger partial charge in [-0.25, -0.2) is 9.78 Å². The summed E-state index contributed by atoms with van der Waals surface area (Å²) in [4.78, 5) is 30.0. The first-order valence-electron chi connectivity index (χ1n) is 16.2. The topological polar surface area (TPSA) is 93.5 Å². The number of benzene rings is 3. The van der Waals surface area contributed by atoms with Crippen LogP contribution in [0.5, 0.6) is 11.5 Å². The Morgan fingerprint density at radius 2 is 1.65 bits per heavy atom. The average molecular weight is 663 g/mol. The van der Waals surface area contributed by atoms with Gasteiger partial charge in [-0.1, -0.05) is 62.0 Å². The lowest BCUT2D eigenvalue weighted by molar-refractivity contribution is -0.127. The summed E-state index contributed by atoms with van der Waals surface area (Å²) >= 11 is 12.8. The van der Waals surface area contributed by atoms with E-state index in [0.717, 1.165) is 74.1 Å². The number of carbonyl (C=O) groups is 2. The van der Waals surface area contributed by atoms with E-state index in [4.69, 9.17) is 38.0 Å². The monoisotopic (exact) mass is 661 g/mol. The summed E-state index contributed by atoms with van der Waals surface area (Å²) in [5.41, 5.74) is 2.76. The molecule has 2 N–H and O–H groups in total. The van der Waals surface area contributed by atoms with Crippen LogP contribution >= 0.6 is 23.2 Å². The Kier molecular flexibility index (Phi) is 11.4. The number of aryl methyl sites for hydroxylation is 1. The lowest BCUT2D eigenvalue weighted by Gasteiger charge is -2.29. The summed E-state index contributed by atoms with van der Waals surface area (Å²) in [6.45, 7) is 5.15. The van der Waals surface area contributed by atoms with E-state index in [1.54, 1.807) is 18.2 Å². The normalized spacial score (nSPS) is 17.0. The van der Waals surface area contributed by atoms with E-state index in [1.807, 2.05) is 42.6 Å². The third-order valence-corrected chi connectivity index (χ3v) is 9.44. The number of ether oxygens (including phenoxy) is 1. The van der Waals surface area contributed by atoms with Crippen LogP contribution in [-0.4, -0.2) is 26.5 Å². The third kappa shape index (κ3) is 8.51. The van der Waals surface area contributed by atoms with Gasteiger partial charge in [0.05, 0.1) is 22.3 Å². The zero-order valence-electron chi connectivity index (χ0n) is 26.3. The second-order valence-corrected chi connectivity index (χ2v) is 13.0. The van der Waals surface area contributed by atoms with Crippen molar-refractivity contribution in [3.63, 3.8) is 0 Å². The number of amides is 1. The van der Waals surface area contributed by atoms with E-state index in [0.29, 0.717) is 33.9 Å². The van der Waals surface area contributed by atoms with Crippen molar-refractivity contribution in [3.8, 4) is 22.8 Å². The number of nitrogens with one attached hydrogen (secondary N) is 1. The van der Waals surface area contributed by atoms with Gasteiger partial charge in [0.25, 0.3) is 0 Å². The molecule has 1 heterocycles. The molecule has 0 aliphatic heterocycles. The Morgan fingerprint density at radius 1 is 0.978 bits per heavy atom. The Morgan fingerprint density at radius 3 is 2.26 bits per heavy atom. The van der Waals surface area contributed by atoms with Crippen LogP contribution in [0.25, 0.3) is 11.3 Å². The highest BCUT2D eigenvalue weighted by Gasteiger charge is 2.29. The second-order valence-electron chi connectivity index (χ2n) is 12.1. The fourth-order valence-corrected chi connectivity index (χ4v) is 6.61. The molecule has 0 radical (unpaired) electrons. The molecule has 5 rings (SSSR count). The third-order valence-electron chi connectivity index (χ3n) is 8.89. The number of carboxylic acids is 1. The van der Waals surface area contributed by atoms with E-state index in [-0.39, 0.29) is 23.4 Å². The van der Waals surface area contributed by atoms with Crippen LogP contribution < -0.4 is 10.1 Å². The van der Waals surface area contributed by atoms with Gasteiger partial charge in [0.15, 0.2) is 0 Å². The molecule has 242 valence electrons. The van der Waals surface area contributed by atoms with Gasteiger partial charge in [-0.3, -0.25) is 4.79 Å². The highest BCUT2D eigenvalue weighted by atomic mass is 35.5. The summed E-state index contributed by atoms with van der Waals surface area (Å²) in [5, 5.41) is 13.7. The van der Waals surface area contributed by atoms with Crippen LogP contribution in [0.1, 0.15) is 86.6 Å². The fraction of sp³-hybridized carbons (Fsp3) is 0.378. The molecule has 3 aromatic carbocycles. The maximum Gasteiger partial charge on any atom is 0.335 e. The lowest BCUT2D eigenvalue weighted by Crippen LogP contribution is -2.37. The molecule has 0 spiro atoms. The van der Waals surface area contributed by atoms with Crippen molar-refractivity contribution >= 4 is 35.1 Å². The Hall–Kier alpha value is -3.81. The first kappa shape index (κ1) is 33.6. The van der Waals surface area contributed by atoms with Crippen molar-refractivity contribution in [3.05, 3.63) is 99.9 Å². The Balaban J connectivity index is 1.42. The van der Waals surface area contributed by atoms with E-state index in [2.05, 4.69) is 23.7 Å². The van der Waals surface area contributed by atoms with Gasteiger partial charge in [0, 0.05) is 29.2 Å². The van der Waals surface area contributed by atoms with Crippen molar-refractivity contribution in [2.75, 3.05) is 0 Å². The predicted molar refractivity (Wildman–Crippen MR) is 183 cm³/mol. The van der Waals surface area contributed by atoms with Gasteiger partial charge in [-0.2, -0.15) is 0 Å². The molecule has 0 unspecified atom stereocenters. The molecule has 1 amide bonds. The molecule has 4 aromatic rings. The molecule has 1 atom stereocenters. The number of hydrogen-bond acceptors (Lipinski definition) is 4. The van der Waals surface area contributed by atoms with Gasteiger partial charge < -0.3 is 19.7 Å². The van der Waals surface area contributed by atoms with Crippen molar-refractivity contribution in [1.29, 1.82) is 0 Å². The number of carboxylic acid groups (broad SMARTS) is 1. The molecule has 1 saturated carbocycles. The maximum atomic E-state index is 13.7. The first-order chi connectivity index (χ1) is 22.2. The maximum absolute atomic E-state index is 13.7. The molecular formula is C37H41Cl2N3O4. The fourth-order valence-electron chi connectivity index (χ4n) is 6.10. The van der Waals surface area contributed by atoms with Crippen molar-refractivity contribution < 1.29 is 19.4 Å². The zero-order valence-corrected chi connectivity index (χ0v) is 27.9. The predicted octanol–water partition coefficient (Wildman–Crippen LogP) is 9.76. The smallest absolute Gasteiger partial charge is 0.335 e. The highest BCUT2D eigenvalue weighted by Crippen LogP contribution is 2.34. The summed E-state index contributed by atoms with van der Waals surface area (Å²) in [6, 6.07) is 19.1. The molecule has 1 aliphatic rings. The minimum atomic E-state index is -0.982. The molecule has 1 fully saturated rings. The largest absolute Gasteiger partial charge is 0.478 e. The van der Waals surface area contributed by atoms with Gasteiger partial charge in [-0.15, -0.1) is 0 Å². The molecule has 0 saturated heterocycles. The SMILES string of the molecule is CCCCn1cc(-c2ccc(Cl)cc2Cl)nc1[C@H](Cc1ccc(Oc2ccc(C(=O)O)cc2)cc1)NC(=O)[C@H]1CC[C@H](CC)CC1. The number of nitrogens with zero attached hydrogens (tertiary/aromatic N) is 2. The first-order valence-corrected chi connectivity index (χ1v) is 16.9. The van der Waals surface area contributed by atoms with Crippen LogP contribution in [0, 0.1) is 11.8 Å². The number of aromatic carboxylic acids is 1. The quantitative estimate of drug-likeness (QED) is 0.149. The summed E-state index contributed by atoms with van der Waals surface area (Å²) in [7, 11) is 0. The standard InChI is InChI=1S/C37H41Cl2N3O4/c1-3-5-20-42-23-34(31-19-14-28(38)22-32(31)39)40-35(42)33(41-36(43)26-10-6-24(4-2)7-11-26)21-25-8-15-29(16-9-25)46-30-17-12-27(13-18-30)37(44)45/h8-9,12-19,22-24,26,33H,3-7,10-11,20-21H2,1-2H3,(H,41,43)(H,44,45)/t24-,26-,33-/m0/s1. The van der Waals surface area contributed by atoms with Crippen LogP contribution in [-0.2, 0) is 17.8 Å². The van der Waals surface area contributed by atoms with Crippen molar-refractivity contribution in [2.24, 2.45) is 11.8 Å². The van der Waals surface area contributed by atoms with Gasteiger partial charge in [0.1, 0.15) is 17.3 Å². The van der Waals surface area contributed by atoms with Gasteiger partial charge >= 0.3 is 5.97 Å². The number of imidazole rings is 1.